The molecule has 0 amide bonds. The summed E-state index contributed by atoms with van der Waals surface area (Å²) in [5.41, 5.74) is 8.96. The zero-order valence-electron chi connectivity index (χ0n) is 15.9. The van der Waals surface area contributed by atoms with E-state index in [4.69, 9.17) is 0 Å². The van der Waals surface area contributed by atoms with Gasteiger partial charge >= 0.3 is 0 Å². The van der Waals surface area contributed by atoms with E-state index in [1.807, 2.05) is 12.4 Å². The maximum atomic E-state index is 4.08. The van der Waals surface area contributed by atoms with Crippen LogP contribution >= 0.6 is 0 Å². The van der Waals surface area contributed by atoms with Gasteiger partial charge < -0.3 is 10.3 Å². The number of hydrogen-bond donors (Lipinski definition) is 2. The van der Waals surface area contributed by atoms with E-state index < -0.39 is 0 Å². The van der Waals surface area contributed by atoms with Crippen LogP contribution < -0.4 is 5.32 Å². The fourth-order valence-corrected chi connectivity index (χ4v) is 3.77. The number of aromatic amines is 1. The Morgan fingerprint density at radius 1 is 0.926 bits per heavy atom. The Kier molecular flexibility index (Phi) is 5.03. The van der Waals surface area contributed by atoms with Gasteiger partial charge in [-0.05, 0) is 73.8 Å². The highest BCUT2D eigenvalue weighted by atomic mass is 14.8. The molecule has 0 bridgehead atoms. The average molecular weight is 355 g/mol. The molecule has 2 aromatic heterocycles. The van der Waals surface area contributed by atoms with Gasteiger partial charge in [-0.3, -0.25) is 4.98 Å². The molecule has 0 unspecified atom stereocenters. The molecule has 3 nitrogen and oxygen atoms in total. The first-order valence-corrected chi connectivity index (χ1v) is 9.48. The molecule has 27 heavy (non-hydrogen) atoms. The van der Waals surface area contributed by atoms with Crippen molar-refractivity contribution >= 4 is 10.9 Å². The summed E-state index contributed by atoms with van der Waals surface area (Å²) in [6.45, 7) is 6.12. The molecule has 136 valence electrons. The van der Waals surface area contributed by atoms with Gasteiger partial charge in [0, 0.05) is 35.5 Å². The molecule has 4 rings (SSSR count). The summed E-state index contributed by atoms with van der Waals surface area (Å²) in [5.74, 6) is 0. The van der Waals surface area contributed by atoms with Gasteiger partial charge in [-0.15, -0.1) is 0 Å². The average Bonchev–Trinajstić information content (AvgIpc) is 3.04. The summed E-state index contributed by atoms with van der Waals surface area (Å²) < 4.78 is 0. The molecule has 3 heteroatoms. The number of nitrogens with one attached hydrogen (secondary N) is 2. The van der Waals surface area contributed by atoms with Crippen LogP contribution in [0.25, 0.3) is 22.2 Å². The van der Waals surface area contributed by atoms with Crippen LogP contribution in [0.2, 0.25) is 0 Å². The van der Waals surface area contributed by atoms with Crippen molar-refractivity contribution in [2.75, 3.05) is 6.54 Å². The fraction of sp³-hybridized carbons (Fsp3) is 0.208. The first kappa shape index (κ1) is 17.5. The van der Waals surface area contributed by atoms with Crippen molar-refractivity contribution in [3.63, 3.8) is 0 Å². The summed E-state index contributed by atoms with van der Waals surface area (Å²) in [6, 6.07) is 19.5. The number of hydrogen-bond acceptors (Lipinski definition) is 2. The van der Waals surface area contributed by atoms with Crippen molar-refractivity contribution in [3.05, 3.63) is 89.2 Å². The molecule has 0 saturated carbocycles. The van der Waals surface area contributed by atoms with Gasteiger partial charge in [0.2, 0.25) is 0 Å². The standard InChI is InChI=1S/C24H25N3/c1-17-13-18(2)15-20(14-17)24-22(21-5-3-4-6-23(21)27-24)9-12-26-16-19-7-10-25-11-8-19/h3-8,10-11,13-15,26-27H,9,12,16H2,1-2H3. The Morgan fingerprint density at radius 3 is 2.44 bits per heavy atom. The number of nitrogens with zero attached hydrogens (tertiary/aromatic N) is 1. The molecule has 0 atom stereocenters. The Bertz CT molecular complexity index is 1030. The minimum absolute atomic E-state index is 0.865. The summed E-state index contributed by atoms with van der Waals surface area (Å²) in [4.78, 5) is 7.73. The molecule has 0 aliphatic rings. The Balaban J connectivity index is 1.60. The summed E-state index contributed by atoms with van der Waals surface area (Å²) in [5, 5.41) is 4.88. The van der Waals surface area contributed by atoms with Gasteiger partial charge in [-0.25, -0.2) is 0 Å². The second-order valence-corrected chi connectivity index (χ2v) is 7.18. The van der Waals surface area contributed by atoms with E-state index >= 15 is 0 Å². The van der Waals surface area contributed by atoms with Crippen LogP contribution in [0, 0.1) is 13.8 Å². The molecule has 2 aromatic carbocycles. The van der Waals surface area contributed by atoms with E-state index in [0.29, 0.717) is 0 Å². The highest BCUT2D eigenvalue weighted by Gasteiger charge is 2.13. The topological polar surface area (TPSA) is 40.7 Å². The number of H-pyrrole nitrogens is 1. The Hall–Kier alpha value is -2.91. The van der Waals surface area contributed by atoms with E-state index in [1.165, 1.54) is 44.4 Å². The van der Waals surface area contributed by atoms with Crippen molar-refractivity contribution in [2.45, 2.75) is 26.8 Å². The Morgan fingerprint density at radius 2 is 1.67 bits per heavy atom. The lowest BCUT2D eigenvalue weighted by Crippen LogP contribution is -2.16. The van der Waals surface area contributed by atoms with Gasteiger partial charge in [0.15, 0.2) is 0 Å². The molecular formula is C24H25N3. The van der Waals surface area contributed by atoms with Crippen molar-refractivity contribution in [1.29, 1.82) is 0 Å². The lowest BCUT2D eigenvalue weighted by atomic mass is 9.99. The predicted molar refractivity (Wildman–Crippen MR) is 113 cm³/mol. The van der Waals surface area contributed by atoms with E-state index in [-0.39, 0.29) is 0 Å². The van der Waals surface area contributed by atoms with Crippen molar-refractivity contribution < 1.29 is 0 Å². The molecule has 2 N–H and O–H groups in total. The van der Waals surface area contributed by atoms with Gasteiger partial charge in [0.05, 0.1) is 0 Å². The van der Waals surface area contributed by atoms with Crippen molar-refractivity contribution in [3.8, 4) is 11.3 Å². The number of para-hydroxylation sites is 1. The normalized spacial score (nSPS) is 11.2. The van der Waals surface area contributed by atoms with Crippen LogP contribution in [-0.2, 0) is 13.0 Å². The lowest BCUT2D eigenvalue weighted by Gasteiger charge is -2.09. The smallest absolute Gasteiger partial charge is 0.0498 e. The van der Waals surface area contributed by atoms with Crippen LogP contribution in [0.5, 0.6) is 0 Å². The number of aromatic nitrogens is 2. The third kappa shape index (κ3) is 3.93. The van der Waals surface area contributed by atoms with E-state index in [0.717, 1.165) is 19.5 Å². The highest BCUT2D eigenvalue weighted by Crippen LogP contribution is 2.31. The highest BCUT2D eigenvalue weighted by molar-refractivity contribution is 5.91. The van der Waals surface area contributed by atoms with Crippen LogP contribution in [0.4, 0.5) is 0 Å². The molecule has 0 aliphatic heterocycles. The molecule has 0 spiro atoms. The first-order valence-electron chi connectivity index (χ1n) is 9.48. The van der Waals surface area contributed by atoms with Crippen LogP contribution in [0.1, 0.15) is 22.3 Å². The summed E-state index contributed by atoms with van der Waals surface area (Å²) >= 11 is 0. The Labute approximate surface area is 160 Å². The molecule has 2 heterocycles. The quantitative estimate of drug-likeness (QED) is 0.468. The lowest BCUT2D eigenvalue weighted by molar-refractivity contribution is 0.688. The number of aryl methyl sites for hydroxylation is 2. The van der Waals surface area contributed by atoms with E-state index in [2.05, 4.69) is 83.7 Å². The fourth-order valence-electron chi connectivity index (χ4n) is 3.77. The maximum absolute atomic E-state index is 4.08. The van der Waals surface area contributed by atoms with Crippen molar-refractivity contribution in [1.82, 2.24) is 15.3 Å². The number of rotatable bonds is 6. The van der Waals surface area contributed by atoms with Gasteiger partial charge in [0.25, 0.3) is 0 Å². The summed E-state index contributed by atoms with van der Waals surface area (Å²) in [6.07, 6.45) is 4.67. The largest absolute Gasteiger partial charge is 0.354 e. The van der Waals surface area contributed by atoms with Gasteiger partial charge in [-0.1, -0.05) is 35.4 Å². The second-order valence-electron chi connectivity index (χ2n) is 7.18. The van der Waals surface area contributed by atoms with Crippen LogP contribution in [0.15, 0.2) is 67.0 Å². The van der Waals surface area contributed by atoms with Crippen LogP contribution in [-0.4, -0.2) is 16.5 Å². The number of pyridine rings is 1. The van der Waals surface area contributed by atoms with Crippen LogP contribution in [0.3, 0.4) is 0 Å². The third-order valence-corrected chi connectivity index (χ3v) is 4.95. The minimum atomic E-state index is 0.865. The first-order chi connectivity index (χ1) is 13.2. The molecule has 0 aliphatic carbocycles. The minimum Gasteiger partial charge on any atom is -0.354 e. The monoisotopic (exact) mass is 355 g/mol. The molecule has 4 aromatic rings. The number of fused-ring (bicyclic) bond motifs is 1. The predicted octanol–water partition coefficient (Wildman–Crippen LogP) is 5.18. The van der Waals surface area contributed by atoms with Gasteiger partial charge in [-0.2, -0.15) is 0 Å². The molecular weight excluding hydrogens is 330 g/mol. The second kappa shape index (κ2) is 7.77. The van der Waals surface area contributed by atoms with Gasteiger partial charge in [0.1, 0.15) is 0 Å². The molecule has 0 radical (unpaired) electrons. The van der Waals surface area contributed by atoms with E-state index in [9.17, 15) is 0 Å². The zero-order chi connectivity index (χ0) is 18.6. The molecule has 0 saturated heterocycles. The third-order valence-electron chi connectivity index (χ3n) is 4.95. The zero-order valence-corrected chi connectivity index (χ0v) is 15.9. The van der Waals surface area contributed by atoms with Crippen molar-refractivity contribution in [2.24, 2.45) is 0 Å². The number of benzene rings is 2. The maximum Gasteiger partial charge on any atom is 0.0498 e. The SMILES string of the molecule is Cc1cc(C)cc(-c2[nH]c3ccccc3c2CCNCc2ccncc2)c1. The summed E-state index contributed by atoms with van der Waals surface area (Å²) in [7, 11) is 0. The van der Waals surface area contributed by atoms with E-state index in [1.54, 1.807) is 0 Å². The molecule has 0 fully saturated rings.